The minimum atomic E-state index is -0.109. The Morgan fingerprint density at radius 3 is 2.22 bits per heavy atom. The second-order valence-corrected chi connectivity index (χ2v) is 8.79. The fourth-order valence-corrected chi connectivity index (χ4v) is 5.03. The predicted molar refractivity (Wildman–Crippen MR) is 128 cm³/mol. The number of piperazine rings is 1. The molecular formula is C24H23ClN2O4S. The van der Waals surface area contributed by atoms with Gasteiger partial charge in [-0.1, -0.05) is 29.8 Å². The number of halogens is 1. The Labute approximate surface area is 195 Å². The van der Waals surface area contributed by atoms with E-state index in [4.69, 9.17) is 21.1 Å². The van der Waals surface area contributed by atoms with Crippen LogP contribution in [0.3, 0.4) is 0 Å². The van der Waals surface area contributed by atoms with Gasteiger partial charge in [0.25, 0.3) is 5.91 Å². The number of carbonyl (C=O) groups is 2. The molecule has 166 valence electrons. The Kier molecular flexibility index (Phi) is 6.67. The van der Waals surface area contributed by atoms with Crippen LogP contribution in [0.1, 0.15) is 15.2 Å². The maximum atomic E-state index is 12.9. The molecule has 2 heterocycles. The van der Waals surface area contributed by atoms with Crippen LogP contribution in [-0.4, -0.2) is 62.0 Å². The number of thiophene rings is 1. The van der Waals surface area contributed by atoms with Crippen LogP contribution < -0.4 is 9.47 Å². The highest BCUT2D eigenvalue weighted by Crippen LogP contribution is 2.36. The van der Waals surface area contributed by atoms with Gasteiger partial charge in [-0.15, -0.1) is 11.3 Å². The molecule has 1 saturated heterocycles. The second-order valence-electron chi connectivity index (χ2n) is 7.33. The molecule has 3 aromatic rings. The summed E-state index contributed by atoms with van der Waals surface area (Å²) in [5.74, 6) is 0.925. The first-order valence-corrected chi connectivity index (χ1v) is 11.4. The smallest absolute Gasteiger partial charge is 0.254 e. The molecular weight excluding hydrogens is 448 g/mol. The van der Waals surface area contributed by atoms with E-state index in [0.717, 1.165) is 15.0 Å². The van der Waals surface area contributed by atoms with Gasteiger partial charge in [0, 0.05) is 58.8 Å². The highest BCUT2D eigenvalue weighted by Gasteiger charge is 2.24. The summed E-state index contributed by atoms with van der Waals surface area (Å²) in [6.07, 6.45) is 3.33. The lowest BCUT2D eigenvalue weighted by atomic mass is 10.1. The maximum absolute atomic E-state index is 12.9. The van der Waals surface area contributed by atoms with Crippen LogP contribution in [0.25, 0.3) is 16.2 Å². The van der Waals surface area contributed by atoms with E-state index >= 15 is 0 Å². The van der Waals surface area contributed by atoms with Gasteiger partial charge in [-0.3, -0.25) is 9.59 Å². The normalized spacial score (nSPS) is 14.2. The van der Waals surface area contributed by atoms with Crippen molar-refractivity contribution in [2.45, 2.75) is 0 Å². The van der Waals surface area contributed by atoms with E-state index in [-0.39, 0.29) is 11.8 Å². The van der Waals surface area contributed by atoms with Crippen LogP contribution in [0.2, 0.25) is 5.02 Å². The second kappa shape index (κ2) is 9.63. The zero-order valence-electron chi connectivity index (χ0n) is 17.8. The van der Waals surface area contributed by atoms with Crippen molar-refractivity contribution < 1.29 is 19.1 Å². The lowest BCUT2D eigenvalue weighted by Gasteiger charge is -2.34. The largest absolute Gasteiger partial charge is 0.497 e. The van der Waals surface area contributed by atoms with Gasteiger partial charge in [0.05, 0.1) is 19.2 Å². The Balaban J connectivity index is 1.39. The molecule has 2 aromatic carbocycles. The maximum Gasteiger partial charge on any atom is 0.254 e. The van der Waals surface area contributed by atoms with Gasteiger partial charge in [-0.05, 0) is 24.3 Å². The standard InChI is InChI=1S/C24H23ClN2O4S/c1-30-17-13-16(14-18(15-17)31-2)24(29)27-11-9-26(10-12-27)22(28)8-7-21-23(25)19-5-3-4-6-20(19)32-21/h3-8,13-15H,9-12H2,1-2H3/b8-7+. The lowest BCUT2D eigenvalue weighted by Crippen LogP contribution is -2.50. The number of hydrogen-bond donors (Lipinski definition) is 0. The van der Waals surface area contributed by atoms with Crippen LogP contribution in [0.4, 0.5) is 0 Å². The molecule has 0 saturated carbocycles. The predicted octanol–water partition coefficient (Wildman–Crippen LogP) is 4.57. The van der Waals surface area contributed by atoms with Crippen LogP contribution in [0.15, 0.2) is 48.5 Å². The molecule has 8 heteroatoms. The fourth-order valence-electron chi connectivity index (χ4n) is 3.64. The van der Waals surface area contributed by atoms with E-state index in [0.29, 0.717) is 48.3 Å². The molecule has 4 rings (SSSR count). The van der Waals surface area contributed by atoms with Crippen molar-refractivity contribution in [2.75, 3.05) is 40.4 Å². The van der Waals surface area contributed by atoms with Crippen molar-refractivity contribution in [3.8, 4) is 11.5 Å². The first-order valence-electron chi connectivity index (χ1n) is 10.2. The molecule has 0 bridgehead atoms. The molecule has 1 aliphatic heterocycles. The Bertz CT molecular complexity index is 1160. The van der Waals surface area contributed by atoms with E-state index in [1.807, 2.05) is 24.3 Å². The molecule has 0 aliphatic carbocycles. The van der Waals surface area contributed by atoms with E-state index in [9.17, 15) is 9.59 Å². The van der Waals surface area contributed by atoms with Gasteiger partial charge in [0.15, 0.2) is 0 Å². The number of ether oxygens (including phenoxy) is 2. The molecule has 1 aliphatic rings. The summed E-state index contributed by atoms with van der Waals surface area (Å²) in [7, 11) is 3.10. The van der Waals surface area contributed by atoms with Crippen LogP contribution in [0.5, 0.6) is 11.5 Å². The Morgan fingerprint density at radius 1 is 0.969 bits per heavy atom. The van der Waals surface area contributed by atoms with Crippen molar-refractivity contribution >= 4 is 50.9 Å². The molecule has 0 spiro atoms. The third-order valence-corrected chi connectivity index (χ3v) is 7.07. The van der Waals surface area contributed by atoms with Gasteiger partial charge < -0.3 is 19.3 Å². The van der Waals surface area contributed by atoms with Crippen molar-refractivity contribution in [3.05, 3.63) is 64.0 Å². The number of rotatable bonds is 5. The SMILES string of the molecule is COc1cc(OC)cc(C(=O)N2CCN(C(=O)/C=C/c3sc4ccccc4c3Cl)CC2)c1. The number of benzene rings is 2. The lowest BCUT2D eigenvalue weighted by molar-refractivity contribution is -0.127. The molecule has 0 N–H and O–H groups in total. The van der Waals surface area contributed by atoms with Crippen LogP contribution >= 0.6 is 22.9 Å². The van der Waals surface area contributed by atoms with E-state index in [2.05, 4.69) is 0 Å². The molecule has 0 unspecified atom stereocenters. The highest BCUT2D eigenvalue weighted by atomic mass is 35.5. The fraction of sp³-hybridized carbons (Fsp3) is 0.250. The minimum absolute atomic E-state index is 0.0892. The molecule has 1 aromatic heterocycles. The molecule has 0 atom stereocenters. The number of hydrogen-bond acceptors (Lipinski definition) is 5. The van der Waals surface area contributed by atoms with E-state index < -0.39 is 0 Å². The number of fused-ring (bicyclic) bond motifs is 1. The van der Waals surface area contributed by atoms with Gasteiger partial charge in [0.2, 0.25) is 5.91 Å². The molecule has 1 fully saturated rings. The average molecular weight is 471 g/mol. The summed E-state index contributed by atoms with van der Waals surface area (Å²) >= 11 is 8.01. The number of methoxy groups -OCH3 is 2. The molecule has 2 amide bonds. The van der Waals surface area contributed by atoms with Crippen molar-refractivity contribution in [3.63, 3.8) is 0 Å². The Morgan fingerprint density at radius 2 is 1.59 bits per heavy atom. The monoisotopic (exact) mass is 470 g/mol. The summed E-state index contributed by atoms with van der Waals surface area (Å²) in [6, 6.07) is 13.0. The number of amides is 2. The zero-order chi connectivity index (χ0) is 22.7. The van der Waals surface area contributed by atoms with Gasteiger partial charge >= 0.3 is 0 Å². The summed E-state index contributed by atoms with van der Waals surface area (Å²) in [4.78, 5) is 30.0. The van der Waals surface area contributed by atoms with Gasteiger partial charge in [0.1, 0.15) is 11.5 Å². The van der Waals surface area contributed by atoms with Crippen molar-refractivity contribution in [2.24, 2.45) is 0 Å². The third kappa shape index (κ3) is 4.59. The topological polar surface area (TPSA) is 59.1 Å². The van der Waals surface area contributed by atoms with E-state index in [1.54, 1.807) is 65.7 Å². The highest BCUT2D eigenvalue weighted by molar-refractivity contribution is 7.20. The third-order valence-electron chi connectivity index (χ3n) is 5.41. The molecule has 32 heavy (non-hydrogen) atoms. The minimum Gasteiger partial charge on any atom is -0.497 e. The zero-order valence-corrected chi connectivity index (χ0v) is 19.4. The van der Waals surface area contributed by atoms with Gasteiger partial charge in [-0.25, -0.2) is 0 Å². The first kappa shape index (κ1) is 22.2. The summed E-state index contributed by atoms with van der Waals surface area (Å²) in [6.45, 7) is 1.86. The van der Waals surface area contributed by atoms with Crippen LogP contribution in [0, 0.1) is 0 Å². The van der Waals surface area contributed by atoms with E-state index in [1.165, 1.54) is 0 Å². The summed E-state index contributed by atoms with van der Waals surface area (Å²) < 4.78 is 11.6. The Hall–Kier alpha value is -3.03. The summed E-state index contributed by atoms with van der Waals surface area (Å²) in [5, 5.41) is 1.66. The van der Waals surface area contributed by atoms with Gasteiger partial charge in [-0.2, -0.15) is 0 Å². The summed E-state index contributed by atoms with van der Waals surface area (Å²) in [5.41, 5.74) is 0.500. The number of nitrogens with zero attached hydrogens (tertiary/aromatic N) is 2. The van der Waals surface area contributed by atoms with Crippen LogP contribution in [-0.2, 0) is 4.79 Å². The van der Waals surface area contributed by atoms with Crippen molar-refractivity contribution in [1.29, 1.82) is 0 Å². The average Bonchev–Trinajstić information content (AvgIpc) is 3.17. The quantitative estimate of drug-likeness (QED) is 0.512. The van der Waals surface area contributed by atoms with Crippen molar-refractivity contribution in [1.82, 2.24) is 9.80 Å². The molecule has 6 nitrogen and oxygen atoms in total. The first-order chi connectivity index (χ1) is 15.5. The molecule has 0 radical (unpaired) electrons. The number of carbonyl (C=O) groups excluding carboxylic acids is 2.